The molecule has 0 radical (unpaired) electrons. The van der Waals surface area contributed by atoms with Crippen LogP contribution in [0.2, 0.25) is 0 Å². The van der Waals surface area contributed by atoms with Gasteiger partial charge < -0.3 is 14.8 Å². The molecule has 0 amide bonds. The van der Waals surface area contributed by atoms with E-state index in [2.05, 4.69) is 39.7 Å². The van der Waals surface area contributed by atoms with Gasteiger partial charge in [0.1, 0.15) is 5.82 Å². The first-order chi connectivity index (χ1) is 13.1. The second-order valence-corrected chi connectivity index (χ2v) is 7.29. The molecule has 1 saturated heterocycles. The lowest BCUT2D eigenvalue weighted by atomic mass is 10.0. The van der Waals surface area contributed by atoms with Crippen LogP contribution in [-0.4, -0.2) is 25.6 Å². The predicted octanol–water partition coefficient (Wildman–Crippen LogP) is 4.39. The molecule has 3 aromatic rings. The lowest BCUT2D eigenvalue weighted by Gasteiger charge is -2.31. The first kappa shape index (κ1) is 17.7. The Balaban J connectivity index is 1.82. The highest BCUT2D eigenvalue weighted by atomic mass is 32.1. The zero-order valence-corrected chi connectivity index (χ0v) is 16.0. The summed E-state index contributed by atoms with van der Waals surface area (Å²) < 4.78 is 15.5. The van der Waals surface area contributed by atoms with Gasteiger partial charge in [0.15, 0.2) is 5.11 Å². The molecule has 0 aliphatic carbocycles. The standard InChI is InChI=1S/C21H21FN4S/c1-14(2)26-20(19(24-21(26)27)17-6-3-4-12-23-17)18-7-5-13-25(18)16-10-8-15(22)9-11-16/h3-14,19-20H,1-2H3,(H,24,27)/t19-,20-/m0/s1. The van der Waals surface area contributed by atoms with Crippen molar-refractivity contribution in [1.82, 2.24) is 19.8 Å². The quantitative estimate of drug-likeness (QED) is 0.681. The number of nitrogens with one attached hydrogen (secondary N) is 1. The van der Waals surface area contributed by atoms with Gasteiger partial charge in [0, 0.05) is 29.8 Å². The van der Waals surface area contributed by atoms with Crippen molar-refractivity contribution in [3.05, 3.63) is 84.2 Å². The summed E-state index contributed by atoms with van der Waals surface area (Å²) in [4.78, 5) is 6.77. The Labute approximate surface area is 163 Å². The normalized spacial score (nSPS) is 19.6. The molecule has 1 aromatic carbocycles. The number of halogens is 1. The van der Waals surface area contributed by atoms with E-state index >= 15 is 0 Å². The molecule has 1 fully saturated rings. The lowest BCUT2D eigenvalue weighted by molar-refractivity contribution is 0.262. The van der Waals surface area contributed by atoms with Crippen molar-refractivity contribution < 1.29 is 4.39 Å². The van der Waals surface area contributed by atoms with Gasteiger partial charge in [0.25, 0.3) is 0 Å². The SMILES string of the molecule is CC(C)N1C(=S)N[C@@H](c2ccccn2)[C@@H]1c1cccn1-c1ccc(F)cc1. The molecule has 1 aliphatic rings. The van der Waals surface area contributed by atoms with Crippen molar-refractivity contribution in [1.29, 1.82) is 0 Å². The number of nitrogens with zero attached hydrogens (tertiary/aromatic N) is 3. The van der Waals surface area contributed by atoms with E-state index in [0.717, 1.165) is 22.2 Å². The third-order valence-electron chi connectivity index (χ3n) is 4.88. The number of pyridine rings is 1. The van der Waals surface area contributed by atoms with Gasteiger partial charge in [-0.15, -0.1) is 0 Å². The van der Waals surface area contributed by atoms with Gasteiger partial charge in [0.05, 0.1) is 17.8 Å². The van der Waals surface area contributed by atoms with Crippen molar-refractivity contribution in [3.8, 4) is 5.69 Å². The molecule has 0 saturated carbocycles. The van der Waals surface area contributed by atoms with Crippen LogP contribution in [0.15, 0.2) is 67.0 Å². The molecule has 1 N–H and O–H groups in total. The van der Waals surface area contributed by atoms with Crippen LogP contribution in [0.3, 0.4) is 0 Å². The Bertz CT molecular complexity index is 936. The minimum atomic E-state index is -0.244. The van der Waals surface area contributed by atoms with Gasteiger partial charge in [-0.2, -0.15) is 0 Å². The molecule has 4 rings (SSSR count). The van der Waals surface area contributed by atoms with Crippen LogP contribution in [0.1, 0.15) is 37.3 Å². The van der Waals surface area contributed by atoms with Crippen LogP contribution in [-0.2, 0) is 0 Å². The Morgan fingerprint density at radius 1 is 1.07 bits per heavy atom. The molecule has 4 nitrogen and oxygen atoms in total. The van der Waals surface area contributed by atoms with E-state index in [1.165, 1.54) is 12.1 Å². The molecular weight excluding hydrogens is 359 g/mol. The van der Waals surface area contributed by atoms with Crippen LogP contribution >= 0.6 is 12.2 Å². The van der Waals surface area contributed by atoms with E-state index in [4.69, 9.17) is 12.2 Å². The molecule has 0 spiro atoms. The van der Waals surface area contributed by atoms with Crippen LogP contribution in [0, 0.1) is 5.82 Å². The average Bonchev–Trinajstić information content (AvgIpc) is 3.27. The fraction of sp³-hybridized carbons (Fsp3) is 0.238. The first-order valence-corrected chi connectivity index (χ1v) is 9.40. The predicted molar refractivity (Wildman–Crippen MR) is 108 cm³/mol. The fourth-order valence-corrected chi connectivity index (χ4v) is 4.16. The summed E-state index contributed by atoms with van der Waals surface area (Å²) in [5, 5.41) is 4.17. The minimum Gasteiger partial charge on any atom is -0.352 e. The summed E-state index contributed by atoms with van der Waals surface area (Å²) in [5.41, 5.74) is 2.94. The molecule has 2 aromatic heterocycles. The largest absolute Gasteiger partial charge is 0.352 e. The van der Waals surface area contributed by atoms with Gasteiger partial charge in [-0.05, 0) is 74.6 Å². The highest BCUT2D eigenvalue weighted by Crippen LogP contribution is 2.40. The maximum atomic E-state index is 13.4. The van der Waals surface area contributed by atoms with Crippen molar-refractivity contribution in [2.45, 2.75) is 32.0 Å². The van der Waals surface area contributed by atoms with Gasteiger partial charge in [-0.25, -0.2) is 4.39 Å². The molecule has 2 atom stereocenters. The van der Waals surface area contributed by atoms with E-state index in [1.807, 2.05) is 30.5 Å². The zero-order valence-electron chi connectivity index (χ0n) is 15.2. The maximum absolute atomic E-state index is 13.4. The smallest absolute Gasteiger partial charge is 0.170 e. The summed E-state index contributed by atoms with van der Waals surface area (Å²) >= 11 is 5.65. The van der Waals surface area contributed by atoms with Gasteiger partial charge >= 0.3 is 0 Å². The molecule has 6 heteroatoms. The highest BCUT2D eigenvalue weighted by Gasteiger charge is 2.42. The molecule has 0 bridgehead atoms. The van der Waals surface area contributed by atoms with E-state index in [9.17, 15) is 4.39 Å². The van der Waals surface area contributed by atoms with Crippen molar-refractivity contribution in [2.24, 2.45) is 0 Å². The lowest BCUT2D eigenvalue weighted by Crippen LogP contribution is -2.36. The highest BCUT2D eigenvalue weighted by molar-refractivity contribution is 7.80. The number of benzene rings is 1. The number of rotatable bonds is 4. The first-order valence-electron chi connectivity index (χ1n) is 8.99. The molecule has 3 heterocycles. The summed E-state index contributed by atoms with van der Waals surface area (Å²) in [5.74, 6) is -0.244. The second kappa shape index (κ2) is 7.12. The second-order valence-electron chi connectivity index (χ2n) is 6.91. The molecule has 27 heavy (non-hydrogen) atoms. The molecular formula is C21H21FN4S. The Morgan fingerprint density at radius 3 is 2.52 bits per heavy atom. The topological polar surface area (TPSA) is 33.1 Å². The summed E-state index contributed by atoms with van der Waals surface area (Å²) in [6.07, 6.45) is 3.80. The van der Waals surface area contributed by atoms with E-state index in [0.29, 0.717) is 0 Å². The van der Waals surface area contributed by atoms with Crippen molar-refractivity contribution >= 4 is 17.3 Å². The molecule has 0 unspecified atom stereocenters. The maximum Gasteiger partial charge on any atom is 0.170 e. The number of aromatic nitrogens is 2. The summed E-state index contributed by atoms with van der Waals surface area (Å²) in [6, 6.07) is 16.7. The van der Waals surface area contributed by atoms with Gasteiger partial charge in [0.2, 0.25) is 0 Å². The summed E-state index contributed by atoms with van der Waals surface area (Å²) in [6.45, 7) is 4.26. The third-order valence-corrected chi connectivity index (χ3v) is 5.21. The number of thiocarbonyl (C=S) groups is 1. The third kappa shape index (κ3) is 3.21. The Hall–Kier alpha value is -2.73. The minimum absolute atomic E-state index is 0.0209. The van der Waals surface area contributed by atoms with Crippen LogP contribution in [0.5, 0.6) is 0 Å². The Kier molecular flexibility index (Phi) is 4.66. The van der Waals surface area contributed by atoms with Crippen LogP contribution in [0.25, 0.3) is 5.69 Å². The molecule has 1 aliphatic heterocycles. The summed E-state index contributed by atoms with van der Waals surface area (Å²) in [7, 11) is 0. The van der Waals surface area contributed by atoms with Crippen molar-refractivity contribution in [3.63, 3.8) is 0 Å². The zero-order chi connectivity index (χ0) is 19.0. The van der Waals surface area contributed by atoms with Gasteiger partial charge in [-0.3, -0.25) is 4.98 Å². The van der Waals surface area contributed by atoms with Crippen LogP contribution in [0.4, 0.5) is 4.39 Å². The van der Waals surface area contributed by atoms with E-state index < -0.39 is 0 Å². The number of hydrogen-bond acceptors (Lipinski definition) is 2. The van der Waals surface area contributed by atoms with E-state index in [-0.39, 0.29) is 23.9 Å². The van der Waals surface area contributed by atoms with Crippen molar-refractivity contribution in [2.75, 3.05) is 0 Å². The van der Waals surface area contributed by atoms with Gasteiger partial charge in [-0.1, -0.05) is 6.07 Å². The Morgan fingerprint density at radius 2 is 1.85 bits per heavy atom. The van der Waals surface area contributed by atoms with E-state index in [1.54, 1.807) is 18.3 Å². The number of hydrogen-bond donors (Lipinski definition) is 1. The monoisotopic (exact) mass is 380 g/mol. The fourth-order valence-electron chi connectivity index (χ4n) is 3.71. The van der Waals surface area contributed by atoms with Crippen LogP contribution < -0.4 is 5.32 Å². The average molecular weight is 380 g/mol. The molecule has 138 valence electrons.